The zero-order valence-corrected chi connectivity index (χ0v) is 69.2. The number of carbonyl (C=O) groups excluding carboxylic acids is 6. The Hall–Kier alpha value is -8.38. The number of fused-ring (bicyclic) bond motifs is 2. The molecule has 28 heteroatoms. The maximum Gasteiger partial charge on any atom is 0.408 e. The molecule has 8 aliphatic rings. The number of nitrogens with zero attached hydrogens (tertiary/aromatic N) is 4. The van der Waals surface area contributed by atoms with Crippen molar-refractivity contribution in [3.63, 3.8) is 0 Å². The summed E-state index contributed by atoms with van der Waals surface area (Å²) in [6, 6.07) is 29.5. The van der Waals surface area contributed by atoms with Crippen LogP contribution in [-0.4, -0.2) is 168 Å². The van der Waals surface area contributed by atoms with Gasteiger partial charge in [-0.25, -0.2) is 19.6 Å². The Labute approximate surface area is 670 Å². The molecule has 25 nitrogen and oxygen atoms in total. The highest BCUT2D eigenvalue weighted by Crippen LogP contribution is 2.70. The number of rotatable bonds is 26. The first-order valence-electron chi connectivity index (χ1n) is 39.6. The fourth-order valence-corrected chi connectivity index (χ4v) is 20.2. The van der Waals surface area contributed by atoms with Gasteiger partial charge in [-0.1, -0.05) is 143 Å². The van der Waals surface area contributed by atoms with Crippen LogP contribution < -0.4 is 40.2 Å². The molecule has 0 bridgehead atoms. The SMILES string of the molecule is BrCC1CC1.C=CC1CC1(NC(=O)[C@@H]1C[C@@H](Oc2cc(-c3ccccc3)nc3cc(OC)ccc23)CN1C(=O)[C@@H](NC(=O)OC1CCCC1)C(C)(C)C)P(=O)(O)CCC1CC1.C=CC1CC1(NC(=O)[C@@H]1C[C@@H](Oc2cc(-c3ccccc3)nc3cc(OC)ccc23)CN1C(=O)[C@@H](NC(=O)OC1CCCC1)C(C)(C)C)P(=O)(O)O. The van der Waals surface area contributed by atoms with Gasteiger partial charge in [0.1, 0.15) is 82.1 Å². The number of amides is 6. The van der Waals surface area contributed by atoms with Crippen molar-refractivity contribution >= 4 is 88.5 Å². The predicted molar refractivity (Wildman–Crippen MR) is 436 cm³/mol. The van der Waals surface area contributed by atoms with Crippen molar-refractivity contribution < 1.29 is 81.0 Å². The van der Waals surface area contributed by atoms with Crippen molar-refractivity contribution in [2.24, 2.45) is 34.5 Å². The number of methoxy groups -OCH3 is 2. The van der Waals surface area contributed by atoms with E-state index in [1.54, 1.807) is 53.2 Å². The average Bonchev–Trinajstić information content (AvgIpc) is 1.56. The highest BCUT2D eigenvalue weighted by Gasteiger charge is 2.67. The van der Waals surface area contributed by atoms with E-state index in [9.17, 15) is 52.6 Å². The maximum absolute atomic E-state index is 14.8. The zero-order valence-electron chi connectivity index (χ0n) is 65.9. The maximum atomic E-state index is 14.8. The van der Waals surface area contributed by atoms with E-state index in [1.165, 1.54) is 34.0 Å². The second-order valence-electron chi connectivity index (χ2n) is 33.7. The Kier molecular flexibility index (Phi) is 26.0. The van der Waals surface area contributed by atoms with Crippen molar-refractivity contribution in [2.45, 2.75) is 210 Å². The normalized spacial score (nSPS) is 24.5. The van der Waals surface area contributed by atoms with Gasteiger partial charge in [-0.3, -0.25) is 28.3 Å². The lowest BCUT2D eigenvalue weighted by molar-refractivity contribution is -0.142. The van der Waals surface area contributed by atoms with E-state index < -0.39 is 114 Å². The molecule has 4 heterocycles. The summed E-state index contributed by atoms with van der Waals surface area (Å²) in [4.78, 5) is 129. The number of aromatic nitrogens is 2. The highest BCUT2D eigenvalue weighted by molar-refractivity contribution is 9.09. The summed E-state index contributed by atoms with van der Waals surface area (Å²) in [5.74, 6) is 0.433. The van der Waals surface area contributed by atoms with E-state index in [4.69, 9.17) is 38.4 Å². The van der Waals surface area contributed by atoms with Gasteiger partial charge in [0, 0.05) is 82.3 Å². The molecule has 8 fully saturated rings. The number of likely N-dealkylation sites (tertiary alicyclic amines) is 2. The van der Waals surface area contributed by atoms with Crippen LogP contribution in [0.25, 0.3) is 44.3 Å². The minimum Gasteiger partial charge on any atom is -0.497 e. The fraction of sp³-hybridized carbons (Fsp3) is 0.529. The number of benzene rings is 4. The first kappa shape index (κ1) is 84.0. The monoisotopic (exact) mass is 1650 g/mol. The molecule has 6 amide bonds. The third kappa shape index (κ3) is 19.9. The molecule has 6 aliphatic carbocycles. The molecule has 11 atom stereocenters. The number of carbonyl (C=O) groups is 6. The summed E-state index contributed by atoms with van der Waals surface area (Å²) in [7, 11) is -5.51. The smallest absolute Gasteiger partial charge is 0.408 e. The average molecular weight is 1660 g/mol. The second kappa shape index (κ2) is 35.0. The summed E-state index contributed by atoms with van der Waals surface area (Å²) in [5.41, 5.74) is 2.76. The van der Waals surface area contributed by atoms with Crippen LogP contribution in [0.4, 0.5) is 9.59 Å². The van der Waals surface area contributed by atoms with Crippen LogP contribution >= 0.6 is 30.9 Å². The van der Waals surface area contributed by atoms with E-state index in [1.807, 2.05) is 118 Å². The Morgan fingerprint density at radius 3 is 1.31 bits per heavy atom. The summed E-state index contributed by atoms with van der Waals surface area (Å²) in [5, 5.41) is 10.7. The molecule has 7 N–H and O–H groups in total. The van der Waals surface area contributed by atoms with Crippen molar-refractivity contribution in [3.8, 4) is 45.5 Å². The van der Waals surface area contributed by atoms with E-state index in [-0.39, 0.29) is 56.6 Å². The number of hydrogen-bond acceptors (Lipinski definition) is 16. The van der Waals surface area contributed by atoms with Crippen LogP contribution in [0.3, 0.4) is 0 Å². The van der Waals surface area contributed by atoms with E-state index in [0.717, 1.165) is 86.6 Å². The molecule has 0 spiro atoms. The molecule has 608 valence electrons. The van der Waals surface area contributed by atoms with Gasteiger partial charge in [0.2, 0.25) is 31.0 Å². The van der Waals surface area contributed by atoms with E-state index in [0.29, 0.717) is 69.6 Å². The number of halogens is 1. The number of nitrogens with one attached hydrogen (secondary N) is 4. The Bertz CT molecular complexity index is 4580. The standard InChI is InChI=1S/C43H55N4O8P.C38H47N4O9P.C4H7Br/c1-6-29-25-43(29,56(51,52)21-20-27-16-17-27)46-39(48)36-23-32(26-47(36)40(49)38(42(2,3)4)45-41(50)55-30-14-10-11-15-30)54-37-24-34(28-12-8-7-9-13-28)44-35-22-31(53-5)18-19-33(35)37;1-6-24-21-38(24,52(46,47)48)41-34(43)31-19-27(22-42(31)35(44)33(37(2,3)4)40-36(45)51-25-14-10-11-15-25)50-32-20-29(23-12-8-7-9-13-23)39-30-18-26(49-5)16-17-28(30)32;5-3-4-1-2-4/h6-9,12-13,18-19,22,24,27,29-30,32,36,38H,1,10-11,14-17,20-21,23,25-26H2,2-5H3,(H,45,50)(H,46,48)(H,51,52);6-9,12-13,16-18,20,24-25,27,31,33H,1,10-11,14-15,19,21-22H2,2-5H3,(H,40,45)(H,41,43)(H2,46,47,48);4H,1-3H2/t29?,32-,36+,38-,43?;24?,27-,31+,33-,38?;/m11./s1. The van der Waals surface area contributed by atoms with Crippen LogP contribution in [0.15, 0.2) is 135 Å². The van der Waals surface area contributed by atoms with Gasteiger partial charge in [-0.15, -0.1) is 13.2 Å². The third-order valence-electron chi connectivity index (χ3n) is 23.1. The van der Waals surface area contributed by atoms with E-state index in [2.05, 4.69) is 50.4 Å². The lowest BCUT2D eigenvalue weighted by Crippen LogP contribution is -2.58. The molecular formula is C85H109BrN8O17P2. The molecule has 6 saturated carbocycles. The molecule has 14 rings (SSSR count). The van der Waals surface area contributed by atoms with Crippen molar-refractivity contribution in [3.05, 3.63) is 135 Å². The number of hydrogen-bond donors (Lipinski definition) is 7. The summed E-state index contributed by atoms with van der Waals surface area (Å²) >= 11 is 3.38. The summed E-state index contributed by atoms with van der Waals surface area (Å²) in [6.45, 7) is 18.5. The molecular weight excluding hydrogens is 1550 g/mol. The van der Waals surface area contributed by atoms with Gasteiger partial charge in [0.05, 0.1) is 49.7 Å². The first-order valence-corrected chi connectivity index (χ1v) is 44.2. The lowest BCUT2D eigenvalue weighted by atomic mass is 9.85. The number of alkyl carbamates (subject to hydrolysis) is 2. The van der Waals surface area contributed by atoms with Crippen LogP contribution in [0.2, 0.25) is 0 Å². The van der Waals surface area contributed by atoms with Gasteiger partial charge in [0.25, 0.3) is 0 Å². The largest absolute Gasteiger partial charge is 0.497 e. The molecule has 0 radical (unpaired) electrons. The molecule has 6 aromatic rings. The number of ether oxygens (including phenoxy) is 6. The van der Waals surface area contributed by atoms with E-state index >= 15 is 0 Å². The minimum atomic E-state index is -4.81. The zero-order chi connectivity index (χ0) is 81.0. The van der Waals surface area contributed by atoms with Crippen LogP contribution in [0.1, 0.15) is 151 Å². The Morgan fingerprint density at radius 2 is 0.965 bits per heavy atom. The molecule has 2 aromatic heterocycles. The Morgan fingerprint density at radius 1 is 0.566 bits per heavy atom. The van der Waals surface area contributed by atoms with Crippen LogP contribution in [0.5, 0.6) is 23.0 Å². The fourth-order valence-electron chi connectivity index (χ4n) is 15.8. The minimum absolute atomic E-state index is 0.0115. The molecule has 2 aliphatic heterocycles. The second-order valence-corrected chi connectivity index (χ2v) is 38.9. The van der Waals surface area contributed by atoms with Gasteiger partial charge >= 0.3 is 19.8 Å². The summed E-state index contributed by atoms with van der Waals surface area (Å²) in [6.07, 6.45) is 13.0. The molecule has 5 unspecified atom stereocenters. The molecule has 4 aromatic carbocycles. The first-order chi connectivity index (χ1) is 53.8. The van der Waals surface area contributed by atoms with Gasteiger partial charge < -0.3 is 74.2 Å². The van der Waals surface area contributed by atoms with Gasteiger partial charge in [-0.2, -0.15) is 0 Å². The topological polar surface area (TPSA) is 333 Å². The molecule has 2 saturated heterocycles. The summed E-state index contributed by atoms with van der Waals surface area (Å²) < 4.78 is 62.3. The predicted octanol–water partition coefficient (Wildman–Crippen LogP) is 14.8. The van der Waals surface area contributed by atoms with Crippen molar-refractivity contribution in [1.82, 2.24) is 41.0 Å². The van der Waals surface area contributed by atoms with Crippen LogP contribution in [0, 0.1) is 34.5 Å². The van der Waals surface area contributed by atoms with Gasteiger partial charge in [0.15, 0.2) is 0 Å². The number of pyridine rings is 2. The lowest BCUT2D eigenvalue weighted by Gasteiger charge is -2.36. The van der Waals surface area contributed by atoms with Gasteiger partial charge in [-0.05, 0) is 130 Å². The molecule has 113 heavy (non-hydrogen) atoms. The third-order valence-corrected chi connectivity index (χ3v) is 28.4. The Balaban J connectivity index is 0.000000197. The number of alkyl halides is 1. The quantitative estimate of drug-likeness (QED) is 0.0151. The van der Waals surface area contributed by atoms with Crippen molar-refractivity contribution in [2.75, 3.05) is 38.8 Å². The van der Waals surface area contributed by atoms with Crippen LogP contribution in [-0.2, 0) is 37.8 Å². The highest BCUT2D eigenvalue weighted by atomic mass is 79.9. The van der Waals surface area contributed by atoms with Crippen molar-refractivity contribution in [1.29, 1.82) is 0 Å².